The molecule has 0 bridgehead atoms. The zero-order valence-electron chi connectivity index (χ0n) is 15.2. The second-order valence-corrected chi connectivity index (χ2v) is 7.25. The summed E-state index contributed by atoms with van der Waals surface area (Å²) in [6.45, 7) is 0. The molecule has 1 N–H and O–H groups in total. The highest BCUT2D eigenvalue weighted by atomic mass is 32.2. The van der Waals surface area contributed by atoms with E-state index in [0.717, 1.165) is 27.0 Å². The van der Waals surface area contributed by atoms with E-state index in [-0.39, 0.29) is 12.3 Å². The number of nitrogens with one attached hydrogen (secondary N) is 1. The van der Waals surface area contributed by atoms with Gasteiger partial charge in [-0.3, -0.25) is 4.79 Å². The standard InChI is InChI=1S/C20H18N6OS/c1-25-14-21-24-20(25)28-18-9-7-16(8-10-18)23-19(27)11-15-12-22-26(13-15)17-5-3-2-4-6-17/h2-10,12-14H,11H2,1H3,(H,23,27). The van der Waals surface area contributed by atoms with E-state index in [2.05, 4.69) is 20.6 Å². The van der Waals surface area contributed by atoms with Gasteiger partial charge in [-0.25, -0.2) is 4.68 Å². The number of aryl methyl sites for hydroxylation is 1. The van der Waals surface area contributed by atoms with Crippen LogP contribution in [0.25, 0.3) is 5.69 Å². The quantitative estimate of drug-likeness (QED) is 0.546. The van der Waals surface area contributed by atoms with Gasteiger partial charge >= 0.3 is 0 Å². The molecule has 140 valence electrons. The average molecular weight is 390 g/mol. The van der Waals surface area contributed by atoms with Crippen molar-refractivity contribution in [1.29, 1.82) is 0 Å². The van der Waals surface area contributed by atoms with Crippen molar-refractivity contribution in [2.24, 2.45) is 7.05 Å². The number of nitrogens with zero attached hydrogens (tertiary/aromatic N) is 5. The van der Waals surface area contributed by atoms with Crippen molar-refractivity contribution in [3.63, 3.8) is 0 Å². The molecule has 4 aromatic rings. The van der Waals surface area contributed by atoms with Crippen LogP contribution in [0.3, 0.4) is 0 Å². The Hall–Kier alpha value is -3.39. The van der Waals surface area contributed by atoms with Crippen LogP contribution < -0.4 is 5.32 Å². The number of carbonyl (C=O) groups is 1. The number of carbonyl (C=O) groups excluding carboxylic acids is 1. The Kier molecular flexibility index (Phi) is 5.20. The third kappa shape index (κ3) is 4.29. The molecule has 4 rings (SSSR count). The molecule has 0 fully saturated rings. The van der Waals surface area contributed by atoms with E-state index in [4.69, 9.17) is 0 Å². The van der Waals surface area contributed by atoms with Gasteiger partial charge in [0.05, 0.1) is 18.3 Å². The van der Waals surface area contributed by atoms with Crippen molar-refractivity contribution in [2.45, 2.75) is 16.5 Å². The maximum atomic E-state index is 12.3. The van der Waals surface area contributed by atoms with E-state index in [1.54, 1.807) is 17.2 Å². The van der Waals surface area contributed by atoms with Crippen LogP contribution in [0.5, 0.6) is 0 Å². The van der Waals surface area contributed by atoms with E-state index < -0.39 is 0 Å². The number of para-hydroxylation sites is 1. The average Bonchev–Trinajstić information content (AvgIpc) is 3.33. The van der Waals surface area contributed by atoms with Crippen LogP contribution in [0.2, 0.25) is 0 Å². The van der Waals surface area contributed by atoms with Crippen LogP contribution in [0, 0.1) is 0 Å². The van der Waals surface area contributed by atoms with E-state index in [1.807, 2.05) is 72.4 Å². The molecule has 0 aliphatic rings. The molecule has 28 heavy (non-hydrogen) atoms. The van der Waals surface area contributed by atoms with E-state index >= 15 is 0 Å². The largest absolute Gasteiger partial charge is 0.326 e. The second kappa shape index (κ2) is 8.10. The zero-order chi connectivity index (χ0) is 19.3. The van der Waals surface area contributed by atoms with Gasteiger partial charge in [0.25, 0.3) is 0 Å². The summed E-state index contributed by atoms with van der Waals surface area (Å²) in [4.78, 5) is 13.4. The van der Waals surface area contributed by atoms with Gasteiger partial charge in [-0.05, 0) is 53.7 Å². The fraction of sp³-hybridized carbons (Fsp3) is 0.100. The lowest BCUT2D eigenvalue weighted by atomic mass is 10.2. The predicted octanol–water partition coefficient (Wildman–Crippen LogP) is 3.33. The minimum atomic E-state index is -0.0821. The van der Waals surface area contributed by atoms with Crippen molar-refractivity contribution in [3.8, 4) is 5.69 Å². The first-order chi connectivity index (χ1) is 13.7. The summed E-state index contributed by atoms with van der Waals surface area (Å²) in [6, 6.07) is 17.5. The molecule has 0 saturated heterocycles. The maximum Gasteiger partial charge on any atom is 0.228 e. The minimum Gasteiger partial charge on any atom is -0.326 e. The van der Waals surface area contributed by atoms with Crippen LogP contribution >= 0.6 is 11.8 Å². The molecule has 0 unspecified atom stereocenters. The van der Waals surface area contributed by atoms with Gasteiger partial charge in [0.1, 0.15) is 6.33 Å². The fourth-order valence-electron chi connectivity index (χ4n) is 2.64. The zero-order valence-corrected chi connectivity index (χ0v) is 16.0. The van der Waals surface area contributed by atoms with Crippen LogP contribution in [0.15, 0.2) is 83.4 Å². The first-order valence-corrected chi connectivity index (χ1v) is 9.50. The number of benzene rings is 2. The molecule has 2 aromatic heterocycles. The van der Waals surface area contributed by atoms with Crippen molar-refractivity contribution in [3.05, 3.63) is 78.9 Å². The summed E-state index contributed by atoms with van der Waals surface area (Å²) in [5.41, 5.74) is 2.57. The van der Waals surface area contributed by atoms with Gasteiger partial charge in [-0.15, -0.1) is 10.2 Å². The first kappa shape index (κ1) is 18.0. The topological polar surface area (TPSA) is 77.6 Å². The lowest BCUT2D eigenvalue weighted by Crippen LogP contribution is -2.13. The summed E-state index contributed by atoms with van der Waals surface area (Å²) in [7, 11) is 1.90. The van der Waals surface area contributed by atoms with Crippen LogP contribution in [-0.2, 0) is 18.3 Å². The number of hydrogen-bond acceptors (Lipinski definition) is 5. The molecule has 0 aliphatic carbocycles. The Morgan fingerprint density at radius 2 is 1.89 bits per heavy atom. The highest BCUT2D eigenvalue weighted by Gasteiger charge is 2.08. The Bertz CT molecular complexity index is 1070. The molecule has 8 heteroatoms. The van der Waals surface area contributed by atoms with E-state index in [9.17, 15) is 4.79 Å². The molecule has 1 amide bonds. The molecule has 0 radical (unpaired) electrons. The van der Waals surface area contributed by atoms with Gasteiger partial charge < -0.3 is 9.88 Å². The Morgan fingerprint density at radius 3 is 2.61 bits per heavy atom. The Labute approximate surface area is 166 Å². The summed E-state index contributed by atoms with van der Waals surface area (Å²) in [5.74, 6) is -0.0821. The van der Waals surface area contributed by atoms with Crippen LogP contribution in [0.1, 0.15) is 5.56 Å². The fourth-order valence-corrected chi connectivity index (χ4v) is 3.40. The molecular weight excluding hydrogens is 372 g/mol. The number of hydrogen-bond donors (Lipinski definition) is 1. The molecule has 2 heterocycles. The molecule has 7 nitrogen and oxygen atoms in total. The minimum absolute atomic E-state index is 0.0821. The SMILES string of the molecule is Cn1cnnc1Sc1ccc(NC(=O)Cc2cnn(-c3ccccc3)c2)cc1. The van der Waals surface area contributed by atoms with Crippen molar-refractivity contribution in [1.82, 2.24) is 24.5 Å². The Morgan fingerprint density at radius 1 is 1.11 bits per heavy atom. The van der Waals surface area contributed by atoms with Crippen LogP contribution in [0.4, 0.5) is 5.69 Å². The van der Waals surface area contributed by atoms with Crippen LogP contribution in [-0.4, -0.2) is 30.5 Å². The number of rotatable bonds is 6. The van der Waals surface area contributed by atoms with Crippen molar-refractivity contribution < 1.29 is 4.79 Å². The first-order valence-electron chi connectivity index (χ1n) is 8.68. The van der Waals surface area contributed by atoms with Crippen molar-refractivity contribution >= 4 is 23.4 Å². The third-order valence-electron chi connectivity index (χ3n) is 4.04. The van der Waals surface area contributed by atoms with Gasteiger partial charge in [0, 0.05) is 23.8 Å². The van der Waals surface area contributed by atoms with Gasteiger partial charge in [0.2, 0.25) is 5.91 Å². The monoisotopic (exact) mass is 390 g/mol. The number of aromatic nitrogens is 5. The molecular formula is C20H18N6OS. The van der Waals surface area contributed by atoms with Gasteiger partial charge in [-0.1, -0.05) is 18.2 Å². The van der Waals surface area contributed by atoms with Crippen molar-refractivity contribution in [2.75, 3.05) is 5.32 Å². The normalized spacial score (nSPS) is 10.8. The van der Waals surface area contributed by atoms with E-state index in [0.29, 0.717) is 0 Å². The smallest absolute Gasteiger partial charge is 0.228 e. The third-order valence-corrected chi connectivity index (χ3v) is 5.10. The summed E-state index contributed by atoms with van der Waals surface area (Å²) in [5, 5.41) is 16.0. The van der Waals surface area contributed by atoms with Gasteiger partial charge in [0.15, 0.2) is 5.16 Å². The molecule has 0 saturated carbocycles. The Balaban J connectivity index is 1.35. The summed E-state index contributed by atoms with van der Waals surface area (Å²) < 4.78 is 3.62. The molecule has 2 aromatic carbocycles. The lowest BCUT2D eigenvalue weighted by Gasteiger charge is -2.06. The molecule has 0 spiro atoms. The highest BCUT2D eigenvalue weighted by molar-refractivity contribution is 7.99. The number of amides is 1. The van der Waals surface area contributed by atoms with E-state index in [1.165, 1.54) is 11.8 Å². The second-order valence-electron chi connectivity index (χ2n) is 6.20. The molecule has 0 aliphatic heterocycles. The predicted molar refractivity (Wildman–Crippen MR) is 107 cm³/mol. The molecule has 0 atom stereocenters. The number of anilines is 1. The lowest BCUT2D eigenvalue weighted by molar-refractivity contribution is -0.115. The van der Waals surface area contributed by atoms with Gasteiger partial charge in [-0.2, -0.15) is 5.10 Å². The summed E-state index contributed by atoms with van der Waals surface area (Å²) >= 11 is 1.52. The highest BCUT2D eigenvalue weighted by Crippen LogP contribution is 2.26. The summed E-state index contributed by atoms with van der Waals surface area (Å²) in [6.07, 6.45) is 5.52. The maximum absolute atomic E-state index is 12.3.